The Morgan fingerprint density at radius 1 is 1.00 bits per heavy atom. The van der Waals surface area contributed by atoms with Gasteiger partial charge in [-0.2, -0.15) is 5.10 Å². The topological polar surface area (TPSA) is 94.9 Å². The van der Waals surface area contributed by atoms with Crippen LogP contribution < -0.4 is 19.7 Å². The second-order valence-corrected chi connectivity index (χ2v) is 10.8. The Kier molecular flexibility index (Phi) is 6.32. The molecule has 6 rings (SSSR count). The van der Waals surface area contributed by atoms with E-state index >= 15 is 0 Å². The first-order valence-electron chi connectivity index (χ1n) is 13.1. The van der Waals surface area contributed by atoms with Crippen molar-refractivity contribution in [2.24, 2.45) is 0 Å². The van der Waals surface area contributed by atoms with Crippen molar-refractivity contribution in [2.45, 2.75) is 44.9 Å². The van der Waals surface area contributed by atoms with E-state index in [0.717, 1.165) is 22.2 Å². The van der Waals surface area contributed by atoms with Gasteiger partial charge >= 0.3 is 6.09 Å². The van der Waals surface area contributed by atoms with Crippen molar-refractivity contribution in [3.05, 3.63) is 78.2 Å². The molecule has 1 N–H and O–H groups in total. The Morgan fingerprint density at radius 2 is 1.73 bits per heavy atom. The lowest BCUT2D eigenvalue weighted by atomic mass is 9.99. The van der Waals surface area contributed by atoms with Crippen molar-refractivity contribution in [3.8, 4) is 17.2 Å². The molecule has 0 spiro atoms. The van der Waals surface area contributed by atoms with Crippen molar-refractivity contribution in [1.82, 2.24) is 15.1 Å². The number of amides is 2. The van der Waals surface area contributed by atoms with E-state index in [0.29, 0.717) is 30.4 Å². The molecule has 0 saturated carbocycles. The van der Waals surface area contributed by atoms with E-state index in [2.05, 4.69) is 10.4 Å². The number of carbonyl (C=O) groups excluding carboxylic acids is 2. The normalized spacial score (nSPS) is 18.7. The summed E-state index contributed by atoms with van der Waals surface area (Å²) in [5, 5.41) is 8.21. The van der Waals surface area contributed by atoms with Crippen molar-refractivity contribution in [2.75, 3.05) is 18.1 Å². The maximum atomic E-state index is 13.5. The zero-order valence-electron chi connectivity index (χ0n) is 22.4. The molecule has 40 heavy (non-hydrogen) atoms. The Morgan fingerprint density at radius 3 is 2.48 bits per heavy atom. The SMILES string of the molecule is CC(C)(C)OC(=O)N[C@H]1CC(=O)N(c2ccc3c(cnn3-c3ccc(F)cc3)c2)[C@@H]1c1ccc2c(c1)OCCO2. The molecule has 10 heteroatoms. The molecular weight excluding hydrogens is 515 g/mol. The number of anilines is 1. The number of nitrogens with zero attached hydrogens (tertiary/aromatic N) is 3. The fourth-order valence-electron chi connectivity index (χ4n) is 5.21. The molecule has 1 saturated heterocycles. The fourth-order valence-corrected chi connectivity index (χ4v) is 5.21. The second-order valence-electron chi connectivity index (χ2n) is 10.8. The van der Waals surface area contributed by atoms with Gasteiger partial charge in [0.05, 0.1) is 29.5 Å². The molecule has 2 aliphatic heterocycles. The summed E-state index contributed by atoms with van der Waals surface area (Å²) in [6.45, 7) is 6.27. The monoisotopic (exact) mass is 544 g/mol. The molecular formula is C30H29FN4O5. The zero-order valence-corrected chi connectivity index (χ0v) is 22.4. The Balaban J connectivity index is 1.38. The number of fused-ring (bicyclic) bond motifs is 2. The van der Waals surface area contributed by atoms with Crippen molar-refractivity contribution in [1.29, 1.82) is 0 Å². The summed E-state index contributed by atoms with van der Waals surface area (Å²) in [5.41, 5.74) is 2.29. The van der Waals surface area contributed by atoms with Crippen LogP contribution in [0, 0.1) is 5.82 Å². The van der Waals surface area contributed by atoms with Gasteiger partial charge in [-0.25, -0.2) is 13.9 Å². The van der Waals surface area contributed by atoms with Crippen molar-refractivity contribution in [3.63, 3.8) is 0 Å². The maximum Gasteiger partial charge on any atom is 0.407 e. The van der Waals surface area contributed by atoms with Crippen LogP contribution >= 0.6 is 0 Å². The minimum Gasteiger partial charge on any atom is -0.486 e. The molecule has 0 bridgehead atoms. The number of hydrogen-bond acceptors (Lipinski definition) is 6. The number of benzene rings is 3. The number of halogens is 1. The van der Waals surface area contributed by atoms with Gasteiger partial charge in [0.2, 0.25) is 5.91 Å². The summed E-state index contributed by atoms with van der Waals surface area (Å²) < 4.78 is 32.2. The molecule has 2 amide bonds. The van der Waals surface area contributed by atoms with E-state index in [1.54, 1.807) is 48.7 Å². The molecule has 3 heterocycles. The Bertz CT molecular complexity index is 1590. The van der Waals surface area contributed by atoms with E-state index in [1.807, 2.05) is 36.4 Å². The summed E-state index contributed by atoms with van der Waals surface area (Å²) in [5.74, 6) is 0.758. The molecule has 0 unspecified atom stereocenters. The lowest BCUT2D eigenvalue weighted by Crippen LogP contribution is -2.42. The number of carbonyl (C=O) groups is 2. The first kappa shape index (κ1) is 25.7. The van der Waals surface area contributed by atoms with Crippen molar-refractivity contribution < 1.29 is 28.2 Å². The zero-order chi connectivity index (χ0) is 28.0. The first-order chi connectivity index (χ1) is 19.2. The van der Waals surface area contributed by atoms with Gasteiger partial charge in [-0.3, -0.25) is 4.79 Å². The Labute approximate surface area is 230 Å². The number of ether oxygens (including phenoxy) is 3. The van der Waals surface area contributed by atoms with Crippen LogP contribution in [0.5, 0.6) is 11.5 Å². The molecule has 9 nitrogen and oxygen atoms in total. The van der Waals surface area contributed by atoms with Gasteiger partial charge in [0.15, 0.2) is 11.5 Å². The minimum absolute atomic E-state index is 0.0885. The molecule has 0 aliphatic carbocycles. The van der Waals surface area contributed by atoms with Crippen LogP contribution in [-0.4, -0.2) is 46.6 Å². The number of alkyl carbamates (subject to hydrolysis) is 1. The molecule has 1 fully saturated rings. The Hall–Kier alpha value is -4.60. The standard InChI is InChI=1S/C30H29FN4O5/c1-30(2,3)40-29(37)33-23-16-27(36)34(28(23)18-4-11-25-26(15-18)39-13-12-38-25)22-9-10-24-19(14-22)17-32-35(24)21-7-5-20(31)6-8-21/h4-11,14-15,17,23,28H,12-13,16H2,1-3H3,(H,33,37)/t23-,28+/m0/s1. The van der Waals surface area contributed by atoms with Crippen molar-refractivity contribution >= 4 is 28.6 Å². The second kappa shape index (κ2) is 9.86. The average molecular weight is 545 g/mol. The third-order valence-corrected chi connectivity index (χ3v) is 6.83. The van der Waals surface area contributed by atoms with Gasteiger partial charge in [-0.15, -0.1) is 0 Å². The van der Waals surface area contributed by atoms with Crippen LogP contribution in [0.2, 0.25) is 0 Å². The molecule has 2 atom stereocenters. The van der Waals surface area contributed by atoms with E-state index in [-0.39, 0.29) is 18.1 Å². The van der Waals surface area contributed by atoms with Crippen LogP contribution in [0.25, 0.3) is 16.6 Å². The smallest absolute Gasteiger partial charge is 0.407 e. The van der Waals surface area contributed by atoms with Crippen LogP contribution in [0.15, 0.2) is 66.9 Å². The van der Waals surface area contributed by atoms with E-state index in [9.17, 15) is 14.0 Å². The fraction of sp³-hybridized carbons (Fsp3) is 0.300. The number of rotatable bonds is 4. The first-order valence-corrected chi connectivity index (χ1v) is 13.1. The third kappa shape index (κ3) is 4.92. The summed E-state index contributed by atoms with van der Waals surface area (Å²) in [6.07, 6.45) is 1.20. The van der Waals surface area contributed by atoms with Gasteiger partial charge in [0, 0.05) is 17.5 Å². The summed E-state index contributed by atoms with van der Waals surface area (Å²) in [6, 6.07) is 16.2. The number of aromatic nitrogens is 2. The summed E-state index contributed by atoms with van der Waals surface area (Å²) in [7, 11) is 0. The molecule has 206 valence electrons. The van der Waals surface area contributed by atoms with Gasteiger partial charge in [-0.1, -0.05) is 6.07 Å². The molecule has 0 radical (unpaired) electrons. The summed E-state index contributed by atoms with van der Waals surface area (Å²) in [4.78, 5) is 28.0. The van der Waals surface area contributed by atoms with E-state index in [4.69, 9.17) is 14.2 Å². The van der Waals surface area contributed by atoms with Gasteiger partial charge in [0.25, 0.3) is 0 Å². The highest BCUT2D eigenvalue weighted by atomic mass is 19.1. The highest BCUT2D eigenvalue weighted by molar-refractivity contribution is 6.00. The van der Waals surface area contributed by atoms with Gasteiger partial charge in [-0.05, 0) is 80.9 Å². The predicted molar refractivity (Wildman–Crippen MR) is 146 cm³/mol. The third-order valence-electron chi connectivity index (χ3n) is 6.83. The van der Waals surface area contributed by atoms with Gasteiger partial charge < -0.3 is 24.4 Å². The van der Waals surface area contributed by atoms with Gasteiger partial charge in [0.1, 0.15) is 24.6 Å². The highest BCUT2D eigenvalue weighted by Crippen LogP contribution is 2.42. The van der Waals surface area contributed by atoms with E-state index < -0.39 is 23.8 Å². The molecule has 1 aromatic heterocycles. The average Bonchev–Trinajstić information content (AvgIpc) is 3.47. The molecule has 4 aromatic rings. The van der Waals surface area contributed by atoms with Crippen LogP contribution in [0.3, 0.4) is 0 Å². The summed E-state index contributed by atoms with van der Waals surface area (Å²) >= 11 is 0. The van der Waals surface area contributed by atoms with Crippen LogP contribution in [0.1, 0.15) is 38.8 Å². The maximum absolute atomic E-state index is 13.5. The number of nitrogens with one attached hydrogen (secondary N) is 1. The largest absolute Gasteiger partial charge is 0.486 e. The molecule has 2 aliphatic rings. The molecule has 3 aromatic carbocycles. The predicted octanol–water partition coefficient (Wildman–Crippen LogP) is 5.31. The lowest BCUT2D eigenvalue weighted by Gasteiger charge is -2.31. The minimum atomic E-state index is -0.686. The van der Waals surface area contributed by atoms with Crippen LogP contribution in [-0.2, 0) is 9.53 Å². The lowest BCUT2D eigenvalue weighted by molar-refractivity contribution is -0.117. The number of hydrogen-bond donors (Lipinski definition) is 1. The van der Waals surface area contributed by atoms with E-state index in [1.165, 1.54) is 12.1 Å². The highest BCUT2D eigenvalue weighted by Gasteiger charge is 2.43. The van der Waals surface area contributed by atoms with Crippen LogP contribution in [0.4, 0.5) is 14.9 Å². The quantitative estimate of drug-likeness (QED) is 0.374.